The molecule has 5 aliphatic rings. The minimum Gasteiger partial charge on any atom is -0.479 e. The number of aliphatic carboxylic acids is 1. The molecular weight excluding hydrogens is 961 g/mol. The molecule has 20 atom stereocenters. The summed E-state index contributed by atoms with van der Waals surface area (Å²) < 4.78 is 59.4. The van der Waals surface area contributed by atoms with Gasteiger partial charge in [0.1, 0.15) is 78.8 Å². The topological polar surface area (TPSA) is 368 Å². The summed E-state index contributed by atoms with van der Waals surface area (Å²) in [5, 5.41) is 75.9. The van der Waals surface area contributed by atoms with Crippen LogP contribution in [0.15, 0.2) is 30.3 Å². The molecule has 1 aromatic carbocycles. The van der Waals surface area contributed by atoms with Crippen molar-refractivity contribution < 1.29 is 107 Å². The molecule has 0 saturated carbocycles. The summed E-state index contributed by atoms with van der Waals surface area (Å²) in [4.78, 5) is 74.3. The number of para-hydroxylation sites is 1. The molecule has 0 spiro atoms. The van der Waals surface area contributed by atoms with Gasteiger partial charge in [0.15, 0.2) is 37.6 Å². The number of ether oxygens (including phenoxy) is 10. The number of rotatable bonds is 23. The van der Waals surface area contributed by atoms with Gasteiger partial charge in [-0.3, -0.25) is 24.0 Å². The molecule has 12 unspecified atom stereocenters. The van der Waals surface area contributed by atoms with Crippen molar-refractivity contribution in [2.24, 2.45) is 0 Å². The number of aliphatic hydroxyl groups is 5. The highest BCUT2D eigenvalue weighted by molar-refractivity contribution is 5.76. The molecule has 26 nitrogen and oxygen atoms in total. The highest BCUT2D eigenvalue weighted by atomic mass is 16.8. The Morgan fingerprint density at radius 2 is 1.15 bits per heavy atom. The zero-order chi connectivity index (χ0) is 52.4. The Kier molecular flexibility index (Phi) is 20.6. The predicted octanol–water partition coefficient (Wildman–Crippen LogP) is -2.69. The van der Waals surface area contributed by atoms with Crippen LogP contribution in [0, 0.1) is 0 Å². The van der Waals surface area contributed by atoms with Crippen molar-refractivity contribution >= 4 is 35.6 Å². The van der Waals surface area contributed by atoms with Gasteiger partial charge in [0.05, 0.1) is 12.2 Å². The van der Waals surface area contributed by atoms with Crippen LogP contribution in [-0.4, -0.2) is 202 Å². The second-order valence-electron chi connectivity index (χ2n) is 18.4. The molecular formula is C46H68N4O22. The van der Waals surface area contributed by atoms with E-state index in [1.165, 1.54) is 20.8 Å². The van der Waals surface area contributed by atoms with Crippen LogP contribution in [0.25, 0.3) is 0 Å². The number of amides is 4. The van der Waals surface area contributed by atoms with Crippen molar-refractivity contribution in [3.63, 3.8) is 0 Å². The molecule has 4 amide bonds. The number of carbonyl (C=O) groups is 6. The van der Waals surface area contributed by atoms with Gasteiger partial charge in [0.2, 0.25) is 23.6 Å². The fourth-order valence-electron chi connectivity index (χ4n) is 8.83. The predicted molar refractivity (Wildman–Crippen MR) is 239 cm³/mol. The molecule has 5 fully saturated rings. The van der Waals surface area contributed by atoms with Gasteiger partial charge in [0, 0.05) is 46.8 Å². The number of carbonyl (C=O) groups excluding carboxylic acids is 5. The Bertz CT molecular complexity index is 1990. The second kappa shape index (κ2) is 26.1. The maximum Gasteiger partial charge on any atom is 0.335 e. The van der Waals surface area contributed by atoms with Gasteiger partial charge in [-0.2, -0.15) is 0 Å². The van der Waals surface area contributed by atoms with Gasteiger partial charge >= 0.3 is 11.9 Å². The molecule has 5 aliphatic heterocycles. The number of fused-ring (bicyclic) bond motifs is 1. The van der Waals surface area contributed by atoms with Gasteiger partial charge < -0.3 is 99.3 Å². The summed E-state index contributed by atoms with van der Waals surface area (Å²) in [5.74, 6) is -3.61. The number of carboxylic acids is 1. The first kappa shape index (κ1) is 56.8. The number of benzene rings is 1. The second-order valence-corrected chi connectivity index (χ2v) is 18.4. The monoisotopic (exact) mass is 1030 g/mol. The number of hydrogen-bond acceptors (Lipinski definition) is 21. The van der Waals surface area contributed by atoms with Crippen molar-refractivity contribution in [2.45, 2.75) is 202 Å². The first-order valence-corrected chi connectivity index (χ1v) is 24.1. The molecule has 0 bridgehead atoms. The SMILES string of the molecule is CC(=O)NC1C(O)[C@H](O)C(C)O[C@H]1OC1C(O)[C@H](O)C(C(=O)O)O[C@H]1OC1C(NC(C)=O)[C@H](OC2C(NC(C)=O)[C@H](OCCCCCNC(=O)CCCCC(=O)Oc3ccccc3)OC3O[C@@H]32)OC(C)[C@H]1O. The largest absolute Gasteiger partial charge is 0.479 e. The summed E-state index contributed by atoms with van der Waals surface area (Å²) in [7, 11) is 0. The normalized spacial score (nSPS) is 37.3. The van der Waals surface area contributed by atoms with E-state index in [0.29, 0.717) is 44.4 Å². The van der Waals surface area contributed by atoms with Crippen molar-refractivity contribution in [3.05, 3.63) is 30.3 Å². The minimum absolute atomic E-state index is 0.141. The highest BCUT2D eigenvalue weighted by Gasteiger charge is 2.61. The average molecular weight is 1030 g/mol. The Labute approximate surface area is 414 Å². The molecule has 0 aromatic heterocycles. The third-order valence-corrected chi connectivity index (χ3v) is 12.6. The van der Waals surface area contributed by atoms with E-state index >= 15 is 0 Å². The lowest BCUT2D eigenvalue weighted by Gasteiger charge is -2.49. The lowest BCUT2D eigenvalue weighted by Crippen LogP contribution is -2.70. The van der Waals surface area contributed by atoms with Crippen molar-refractivity contribution in [1.82, 2.24) is 21.3 Å². The number of esters is 1. The van der Waals surface area contributed by atoms with E-state index in [2.05, 4.69) is 21.3 Å². The molecule has 0 aliphatic carbocycles. The highest BCUT2D eigenvalue weighted by Crippen LogP contribution is 2.40. The zero-order valence-electron chi connectivity index (χ0n) is 40.5. The van der Waals surface area contributed by atoms with E-state index in [1.54, 1.807) is 24.3 Å². The van der Waals surface area contributed by atoms with Crippen molar-refractivity contribution in [1.29, 1.82) is 0 Å². The van der Waals surface area contributed by atoms with Crippen LogP contribution in [0.4, 0.5) is 0 Å². The van der Waals surface area contributed by atoms with Crippen LogP contribution in [0.5, 0.6) is 5.75 Å². The maximum absolute atomic E-state index is 12.8. The number of carboxylic acid groups (broad SMARTS) is 1. The smallest absolute Gasteiger partial charge is 0.335 e. The van der Waals surface area contributed by atoms with Crippen LogP contribution in [0.2, 0.25) is 0 Å². The van der Waals surface area contributed by atoms with Crippen LogP contribution < -0.4 is 26.0 Å². The summed E-state index contributed by atoms with van der Waals surface area (Å²) in [5.41, 5.74) is 0. The molecule has 10 N–H and O–H groups in total. The Hall–Kier alpha value is -4.52. The fourth-order valence-corrected chi connectivity index (χ4v) is 8.83. The Balaban J connectivity index is 1.08. The number of unbranched alkanes of at least 4 members (excludes halogenated alkanes) is 3. The summed E-state index contributed by atoms with van der Waals surface area (Å²) >= 11 is 0. The molecule has 404 valence electrons. The van der Waals surface area contributed by atoms with Crippen LogP contribution in [-0.2, 0) is 71.4 Å². The van der Waals surface area contributed by atoms with E-state index in [-0.39, 0.29) is 31.3 Å². The fraction of sp³-hybridized carbons (Fsp3) is 0.739. The first-order valence-electron chi connectivity index (χ1n) is 24.1. The first-order chi connectivity index (χ1) is 34.2. The van der Waals surface area contributed by atoms with Crippen LogP contribution >= 0.6 is 0 Å². The van der Waals surface area contributed by atoms with Crippen LogP contribution in [0.1, 0.15) is 79.6 Å². The average Bonchev–Trinajstić information content (AvgIpc) is 4.10. The van der Waals surface area contributed by atoms with E-state index < -0.39 is 147 Å². The zero-order valence-corrected chi connectivity index (χ0v) is 40.5. The maximum atomic E-state index is 12.8. The Morgan fingerprint density at radius 1 is 0.569 bits per heavy atom. The summed E-state index contributed by atoms with van der Waals surface area (Å²) in [6, 6.07) is 4.75. The molecule has 5 saturated heterocycles. The van der Waals surface area contributed by atoms with Crippen molar-refractivity contribution in [3.8, 4) is 5.75 Å². The van der Waals surface area contributed by atoms with Crippen molar-refractivity contribution in [2.75, 3.05) is 13.2 Å². The minimum atomic E-state index is -2.15. The molecule has 26 heteroatoms. The number of hydrogen-bond donors (Lipinski definition) is 10. The third kappa shape index (κ3) is 15.1. The number of epoxide rings is 1. The summed E-state index contributed by atoms with van der Waals surface area (Å²) in [6.45, 7) is 6.92. The standard InChI is InChI=1S/C46H68N4O22/c1-20-31(56)33(58)28(48-22(3)51)43(64-20)70-39-35(60)34(59)38(41(61)62)69-45(39)67-36-29(49-23(4)52)44(65-21(2)32(36)57)68-37-30(50-24(5)53)42(72-46-40(37)71-46)63-19-13-7-12-18-47-26(54)16-10-11-17-27(55)66-25-14-8-6-9-15-25/h6,8-9,14-15,20-21,28-40,42-46,56-60H,7,10-13,16-19H2,1-5H3,(H,47,54)(H,48,51)(H,49,52)(H,50,53)(H,61,62)/t20?,21?,28?,29?,30?,31-,32-,33?,34+,35?,36?,37?,38?,39?,40-,42-,43+,44+,45-,46?/m1/s1. The molecule has 1 aromatic rings. The summed E-state index contributed by atoms with van der Waals surface area (Å²) in [6.07, 6.45) is -22.8. The van der Waals surface area contributed by atoms with Crippen LogP contribution in [0.3, 0.4) is 0 Å². The van der Waals surface area contributed by atoms with E-state index in [0.717, 1.165) is 13.8 Å². The van der Waals surface area contributed by atoms with E-state index in [4.69, 9.17) is 47.4 Å². The molecule has 72 heavy (non-hydrogen) atoms. The van der Waals surface area contributed by atoms with Gasteiger partial charge in [0.25, 0.3) is 0 Å². The molecule has 0 radical (unpaired) electrons. The quantitative estimate of drug-likeness (QED) is 0.0231. The lowest BCUT2D eigenvalue weighted by molar-refractivity contribution is -0.370. The third-order valence-electron chi connectivity index (χ3n) is 12.6. The number of nitrogens with one attached hydrogen (secondary N) is 4. The van der Waals surface area contributed by atoms with Gasteiger partial charge in [-0.1, -0.05) is 18.2 Å². The number of aliphatic hydroxyl groups excluding tert-OH is 5. The lowest BCUT2D eigenvalue weighted by atomic mass is 9.94. The van der Waals surface area contributed by atoms with Gasteiger partial charge in [-0.25, -0.2) is 4.79 Å². The molecule has 6 rings (SSSR count). The Morgan fingerprint density at radius 3 is 1.81 bits per heavy atom. The van der Waals surface area contributed by atoms with E-state index in [9.17, 15) is 59.4 Å². The van der Waals surface area contributed by atoms with Gasteiger partial charge in [-0.05, 0) is 58.1 Å². The van der Waals surface area contributed by atoms with Gasteiger partial charge in [-0.15, -0.1) is 0 Å². The molecule has 5 heterocycles. The van der Waals surface area contributed by atoms with E-state index in [1.807, 2.05) is 6.07 Å².